The number of hydrogen-bond acceptors (Lipinski definition) is 4. The van der Waals surface area contributed by atoms with Crippen LogP contribution in [0.3, 0.4) is 0 Å². The van der Waals surface area contributed by atoms with Crippen LogP contribution in [0, 0.1) is 6.92 Å². The molecule has 1 N–H and O–H groups in total. The first-order valence-corrected chi connectivity index (χ1v) is 12.3. The Labute approximate surface area is 177 Å². The lowest BCUT2D eigenvalue weighted by molar-refractivity contribution is -0.137. The molecule has 1 aliphatic rings. The van der Waals surface area contributed by atoms with Gasteiger partial charge in [-0.1, -0.05) is 11.6 Å². The molecule has 1 fully saturated rings. The van der Waals surface area contributed by atoms with Crippen molar-refractivity contribution in [2.45, 2.75) is 30.8 Å². The molecule has 1 aliphatic heterocycles. The summed E-state index contributed by atoms with van der Waals surface area (Å²) in [5, 5.41) is -0.194. The van der Waals surface area contributed by atoms with Crippen LogP contribution in [0.25, 0.3) is 0 Å². The number of nitrogens with one attached hydrogen (secondary N) is 1. The molecule has 0 aliphatic carbocycles. The standard InChI is InChI=1S/C18H18ClF3N2O4S2/c1-12-10-14(24-8-2-3-9-29(24,25)26)5-7-17(12)30(27,28)23-16-11-13(18(20,21)22)4-6-15(16)19/h4-7,10-11,23H,2-3,8-9H2,1H3. The van der Waals surface area contributed by atoms with E-state index in [2.05, 4.69) is 4.72 Å². The van der Waals surface area contributed by atoms with Gasteiger partial charge in [0, 0.05) is 6.54 Å². The van der Waals surface area contributed by atoms with Gasteiger partial charge in [0.1, 0.15) is 0 Å². The van der Waals surface area contributed by atoms with Crippen LogP contribution in [0.2, 0.25) is 5.02 Å². The topological polar surface area (TPSA) is 83.6 Å². The third-order valence-corrected chi connectivity index (χ3v) is 8.35. The second-order valence-electron chi connectivity index (χ2n) is 6.84. The second kappa shape index (κ2) is 7.93. The molecular formula is C18H18ClF3N2O4S2. The Balaban J connectivity index is 1.94. The lowest BCUT2D eigenvalue weighted by Crippen LogP contribution is -2.37. The van der Waals surface area contributed by atoms with Gasteiger partial charge < -0.3 is 0 Å². The predicted molar refractivity (Wildman–Crippen MR) is 109 cm³/mol. The molecule has 0 aromatic heterocycles. The molecule has 12 heteroatoms. The third kappa shape index (κ3) is 4.68. The van der Waals surface area contributed by atoms with Gasteiger partial charge in [0.15, 0.2) is 0 Å². The average molecular weight is 483 g/mol. The van der Waals surface area contributed by atoms with Gasteiger partial charge in [0.05, 0.1) is 32.6 Å². The Morgan fingerprint density at radius 1 is 1.10 bits per heavy atom. The number of rotatable bonds is 4. The van der Waals surface area contributed by atoms with E-state index in [-0.39, 0.29) is 21.2 Å². The maximum atomic E-state index is 12.9. The van der Waals surface area contributed by atoms with Crippen LogP contribution >= 0.6 is 11.6 Å². The zero-order chi connectivity index (χ0) is 22.3. The van der Waals surface area contributed by atoms with E-state index in [0.29, 0.717) is 31.1 Å². The van der Waals surface area contributed by atoms with Crippen LogP contribution in [0.5, 0.6) is 0 Å². The molecule has 30 heavy (non-hydrogen) atoms. The lowest BCUT2D eigenvalue weighted by Gasteiger charge is -2.28. The Bertz CT molecular complexity index is 1180. The molecule has 0 unspecified atom stereocenters. The lowest BCUT2D eigenvalue weighted by atomic mass is 10.2. The first-order chi connectivity index (χ1) is 13.8. The Morgan fingerprint density at radius 2 is 1.80 bits per heavy atom. The van der Waals surface area contributed by atoms with E-state index in [4.69, 9.17) is 11.6 Å². The summed E-state index contributed by atoms with van der Waals surface area (Å²) in [7, 11) is -7.75. The maximum absolute atomic E-state index is 12.9. The van der Waals surface area contributed by atoms with Crippen molar-refractivity contribution in [2.24, 2.45) is 0 Å². The summed E-state index contributed by atoms with van der Waals surface area (Å²) in [6, 6.07) is 6.32. The smallest absolute Gasteiger partial charge is 0.278 e. The number of sulfonamides is 2. The quantitative estimate of drug-likeness (QED) is 0.700. The minimum atomic E-state index is -4.66. The van der Waals surface area contributed by atoms with Crippen LogP contribution in [0.15, 0.2) is 41.3 Å². The van der Waals surface area contributed by atoms with Gasteiger partial charge >= 0.3 is 6.18 Å². The third-order valence-electron chi connectivity index (χ3n) is 4.62. The summed E-state index contributed by atoms with van der Waals surface area (Å²) < 4.78 is 92.1. The molecule has 0 spiro atoms. The monoisotopic (exact) mass is 482 g/mol. The zero-order valence-corrected chi connectivity index (χ0v) is 18.1. The molecule has 0 amide bonds. The molecule has 0 saturated carbocycles. The van der Waals surface area contributed by atoms with E-state index in [1.807, 2.05) is 0 Å². The van der Waals surface area contributed by atoms with Gasteiger partial charge in [-0.05, 0) is 61.7 Å². The molecule has 0 radical (unpaired) electrons. The van der Waals surface area contributed by atoms with Crippen molar-refractivity contribution in [3.63, 3.8) is 0 Å². The van der Waals surface area contributed by atoms with E-state index in [1.54, 1.807) is 0 Å². The number of benzene rings is 2. The summed E-state index contributed by atoms with van der Waals surface area (Å²) >= 11 is 5.87. The predicted octanol–water partition coefficient (Wildman–Crippen LogP) is 4.40. The zero-order valence-electron chi connectivity index (χ0n) is 15.7. The minimum absolute atomic E-state index is 0.0156. The number of anilines is 2. The highest BCUT2D eigenvalue weighted by Gasteiger charge is 2.32. The fourth-order valence-electron chi connectivity index (χ4n) is 3.15. The molecule has 1 heterocycles. The van der Waals surface area contributed by atoms with Crippen LogP contribution < -0.4 is 9.03 Å². The number of hydrogen-bond donors (Lipinski definition) is 1. The summed E-state index contributed by atoms with van der Waals surface area (Å²) in [4.78, 5) is -0.200. The van der Waals surface area contributed by atoms with Crippen molar-refractivity contribution in [3.8, 4) is 0 Å². The van der Waals surface area contributed by atoms with E-state index in [0.717, 1.165) is 12.1 Å². The summed E-state index contributed by atoms with van der Waals surface area (Å²) in [5.74, 6) is 0.0156. The molecule has 0 atom stereocenters. The highest BCUT2D eigenvalue weighted by molar-refractivity contribution is 7.93. The maximum Gasteiger partial charge on any atom is 0.416 e. The van der Waals surface area contributed by atoms with Gasteiger partial charge in [-0.25, -0.2) is 16.8 Å². The second-order valence-corrected chi connectivity index (χ2v) is 10.9. The van der Waals surface area contributed by atoms with Gasteiger partial charge in [-0.15, -0.1) is 0 Å². The molecular weight excluding hydrogens is 465 g/mol. The van der Waals surface area contributed by atoms with Crippen molar-refractivity contribution >= 4 is 43.0 Å². The minimum Gasteiger partial charge on any atom is -0.278 e. The van der Waals surface area contributed by atoms with E-state index in [1.165, 1.54) is 29.4 Å². The van der Waals surface area contributed by atoms with Crippen molar-refractivity contribution < 1.29 is 30.0 Å². The van der Waals surface area contributed by atoms with Gasteiger partial charge in [0.2, 0.25) is 10.0 Å². The normalized spacial score (nSPS) is 17.0. The fraction of sp³-hybridized carbons (Fsp3) is 0.333. The summed E-state index contributed by atoms with van der Waals surface area (Å²) in [5.41, 5.74) is -0.882. The Hall–Kier alpha value is -1.98. The average Bonchev–Trinajstić information content (AvgIpc) is 2.61. The number of aryl methyl sites for hydroxylation is 1. The SMILES string of the molecule is Cc1cc(N2CCCCS2(=O)=O)ccc1S(=O)(=O)Nc1cc(C(F)(F)F)ccc1Cl. The van der Waals surface area contributed by atoms with Crippen LogP contribution in [-0.4, -0.2) is 29.1 Å². The van der Waals surface area contributed by atoms with E-state index < -0.39 is 37.5 Å². The number of halogens is 4. The van der Waals surface area contributed by atoms with E-state index >= 15 is 0 Å². The van der Waals surface area contributed by atoms with E-state index in [9.17, 15) is 30.0 Å². The molecule has 0 bridgehead atoms. The molecule has 2 aromatic rings. The van der Waals surface area contributed by atoms with Crippen molar-refractivity contribution in [3.05, 3.63) is 52.5 Å². The first kappa shape index (κ1) is 22.7. The Morgan fingerprint density at radius 3 is 2.40 bits per heavy atom. The highest BCUT2D eigenvalue weighted by atomic mass is 35.5. The Kier molecular flexibility index (Phi) is 6.00. The highest BCUT2D eigenvalue weighted by Crippen LogP contribution is 2.35. The van der Waals surface area contributed by atoms with Crippen LogP contribution in [-0.2, 0) is 26.2 Å². The van der Waals surface area contributed by atoms with Crippen LogP contribution in [0.4, 0.5) is 24.5 Å². The molecule has 1 saturated heterocycles. The number of nitrogens with zero attached hydrogens (tertiary/aromatic N) is 1. The van der Waals surface area contributed by atoms with Crippen LogP contribution in [0.1, 0.15) is 24.0 Å². The summed E-state index contributed by atoms with van der Waals surface area (Å²) in [6.07, 6.45) is -3.41. The van der Waals surface area contributed by atoms with Crippen molar-refractivity contribution in [1.82, 2.24) is 0 Å². The molecule has 2 aromatic carbocycles. The summed E-state index contributed by atoms with van der Waals surface area (Å²) in [6.45, 7) is 1.77. The molecule has 3 rings (SSSR count). The van der Waals surface area contributed by atoms with Gasteiger partial charge in [-0.2, -0.15) is 13.2 Å². The number of alkyl halides is 3. The fourth-order valence-corrected chi connectivity index (χ4v) is 6.30. The first-order valence-electron chi connectivity index (χ1n) is 8.82. The van der Waals surface area contributed by atoms with Gasteiger partial charge in [-0.3, -0.25) is 9.03 Å². The van der Waals surface area contributed by atoms with Gasteiger partial charge in [0.25, 0.3) is 10.0 Å². The van der Waals surface area contributed by atoms with Crippen molar-refractivity contribution in [1.29, 1.82) is 0 Å². The molecule has 164 valence electrons. The largest absolute Gasteiger partial charge is 0.416 e. The molecule has 6 nitrogen and oxygen atoms in total. The van der Waals surface area contributed by atoms with Crippen molar-refractivity contribution in [2.75, 3.05) is 21.3 Å².